The highest BCUT2D eigenvalue weighted by molar-refractivity contribution is 6.08. The lowest BCUT2D eigenvalue weighted by Gasteiger charge is -2.07. The number of phenols is 1. The normalized spacial score (nSPS) is 16.5. The fourth-order valence-electron chi connectivity index (χ4n) is 1.47. The molecule has 0 atom stereocenters. The molecule has 8 heteroatoms. The van der Waals surface area contributed by atoms with Crippen molar-refractivity contribution in [2.24, 2.45) is 20.4 Å². The van der Waals surface area contributed by atoms with Crippen LogP contribution in [0.2, 0.25) is 0 Å². The summed E-state index contributed by atoms with van der Waals surface area (Å²) in [5.74, 6) is 0.544. The third kappa shape index (κ3) is 3.72. The summed E-state index contributed by atoms with van der Waals surface area (Å²) in [5, 5.41) is 26.4. The van der Waals surface area contributed by atoms with Gasteiger partial charge in [0.15, 0.2) is 17.3 Å². The summed E-state index contributed by atoms with van der Waals surface area (Å²) in [6, 6.07) is 4.14. The fraction of sp³-hybridized carbons (Fsp3) is 0.154. The maximum Gasteiger partial charge on any atom is 0.365 e. The molecule has 108 valence electrons. The van der Waals surface area contributed by atoms with Crippen LogP contribution in [0.4, 0.5) is 4.79 Å². The number of carbonyl (C=O) groups is 1. The highest BCUT2D eigenvalue weighted by Gasteiger charge is 2.14. The molecule has 0 spiro atoms. The van der Waals surface area contributed by atoms with Crippen LogP contribution >= 0.6 is 0 Å². The Morgan fingerprint density at radius 2 is 2.29 bits per heavy atom. The summed E-state index contributed by atoms with van der Waals surface area (Å²) in [7, 11) is 0. The second kappa shape index (κ2) is 6.42. The summed E-state index contributed by atoms with van der Waals surface area (Å²) in [6.45, 7) is 5.83. The molecule has 2 amide bonds. The molecule has 1 aromatic rings. The van der Waals surface area contributed by atoms with E-state index >= 15 is 0 Å². The number of hydrogen-bond acceptors (Lipinski definition) is 6. The number of nitrogens with zero attached hydrogens (tertiary/aromatic N) is 4. The van der Waals surface area contributed by atoms with Crippen molar-refractivity contribution in [3.63, 3.8) is 0 Å². The topological polar surface area (TPSA) is 108 Å². The number of azo groups is 1. The Kier molecular flexibility index (Phi) is 4.39. The molecule has 0 saturated carbocycles. The van der Waals surface area contributed by atoms with E-state index in [0.29, 0.717) is 17.9 Å². The first-order chi connectivity index (χ1) is 10.1. The van der Waals surface area contributed by atoms with Crippen LogP contribution in [0, 0.1) is 0 Å². The van der Waals surface area contributed by atoms with Crippen molar-refractivity contribution in [3.05, 3.63) is 36.0 Å². The van der Waals surface area contributed by atoms with Gasteiger partial charge < -0.3 is 9.84 Å². The van der Waals surface area contributed by atoms with Crippen LogP contribution in [0.5, 0.6) is 11.5 Å². The van der Waals surface area contributed by atoms with E-state index in [2.05, 4.69) is 32.3 Å². The molecule has 1 heterocycles. The molecule has 1 aliphatic heterocycles. The van der Waals surface area contributed by atoms with Crippen molar-refractivity contribution in [2.75, 3.05) is 6.61 Å². The number of amidine groups is 1. The molecule has 1 aromatic carbocycles. The van der Waals surface area contributed by atoms with Gasteiger partial charge in [-0.15, -0.1) is 10.2 Å². The lowest BCUT2D eigenvalue weighted by molar-refractivity contribution is 0.251. The molecule has 0 saturated heterocycles. The molecule has 0 aliphatic carbocycles. The molecule has 0 unspecified atom stereocenters. The van der Waals surface area contributed by atoms with Gasteiger partial charge >= 0.3 is 6.03 Å². The van der Waals surface area contributed by atoms with Gasteiger partial charge in [-0.25, -0.2) is 4.79 Å². The van der Waals surface area contributed by atoms with Crippen LogP contribution in [-0.2, 0) is 0 Å². The molecule has 2 rings (SSSR count). The highest BCUT2D eigenvalue weighted by atomic mass is 16.5. The van der Waals surface area contributed by atoms with Crippen LogP contribution in [0.1, 0.15) is 12.5 Å². The lowest BCUT2D eigenvalue weighted by atomic mass is 10.2. The summed E-state index contributed by atoms with van der Waals surface area (Å²) >= 11 is 0. The number of nitrogens with one attached hydrogen (secondary N) is 1. The molecule has 8 nitrogen and oxygen atoms in total. The summed E-state index contributed by atoms with van der Waals surface area (Å²) in [5.41, 5.74) is 0.891. The van der Waals surface area contributed by atoms with E-state index in [1.165, 1.54) is 12.3 Å². The second-order valence-electron chi connectivity index (χ2n) is 3.93. The standard InChI is InChI=1S/C13H13N5O3/c1-3-21-11-6-9(4-5-10(11)19)7-14-17-12-8(2)16-18-13(20)15-12/h4-7,19H,2-3H2,1H3,(H,15,17,20)/b14-7+. The molecular formula is C13H13N5O3. The Labute approximate surface area is 120 Å². The maximum atomic E-state index is 11.0. The van der Waals surface area contributed by atoms with Gasteiger partial charge in [-0.1, -0.05) is 11.7 Å². The largest absolute Gasteiger partial charge is 0.504 e. The van der Waals surface area contributed by atoms with Crippen LogP contribution in [0.3, 0.4) is 0 Å². The molecule has 0 fully saturated rings. The summed E-state index contributed by atoms with van der Waals surface area (Å²) < 4.78 is 5.26. The van der Waals surface area contributed by atoms with Gasteiger partial charge in [0.25, 0.3) is 0 Å². The number of benzene rings is 1. The van der Waals surface area contributed by atoms with E-state index in [1.807, 2.05) is 6.92 Å². The Morgan fingerprint density at radius 3 is 3.05 bits per heavy atom. The minimum Gasteiger partial charge on any atom is -0.504 e. The van der Waals surface area contributed by atoms with Gasteiger partial charge in [-0.05, 0) is 30.7 Å². The minimum absolute atomic E-state index is 0.0497. The van der Waals surface area contributed by atoms with Crippen molar-refractivity contribution in [2.45, 2.75) is 6.92 Å². The zero-order valence-electron chi connectivity index (χ0n) is 11.3. The van der Waals surface area contributed by atoms with Crippen molar-refractivity contribution in [3.8, 4) is 11.5 Å². The minimum atomic E-state index is -0.625. The number of hydrogen-bond donors (Lipinski definition) is 2. The number of aromatic hydroxyl groups is 1. The predicted octanol–water partition coefficient (Wildman–Crippen LogP) is 2.21. The number of ether oxygens (including phenoxy) is 1. The molecule has 21 heavy (non-hydrogen) atoms. The Bertz CT molecular complexity index is 664. The van der Waals surface area contributed by atoms with Gasteiger partial charge in [0, 0.05) is 0 Å². The van der Waals surface area contributed by atoms with Gasteiger partial charge in [-0.3, -0.25) is 5.32 Å². The fourth-order valence-corrected chi connectivity index (χ4v) is 1.47. The van der Waals surface area contributed by atoms with Gasteiger partial charge in [0.2, 0.25) is 0 Å². The highest BCUT2D eigenvalue weighted by Crippen LogP contribution is 2.26. The monoisotopic (exact) mass is 287 g/mol. The number of urea groups is 1. The van der Waals surface area contributed by atoms with E-state index in [1.54, 1.807) is 12.1 Å². The first-order valence-corrected chi connectivity index (χ1v) is 6.09. The van der Waals surface area contributed by atoms with Crippen LogP contribution in [-0.4, -0.2) is 29.8 Å². The average molecular weight is 287 g/mol. The van der Waals surface area contributed by atoms with E-state index in [9.17, 15) is 9.90 Å². The Morgan fingerprint density at radius 1 is 1.48 bits per heavy atom. The van der Waals surface area contributed by atoms with E-state index < -0.39 is 6.03 Å². The molecular weight excluding hydrogens is 274 g/mol. The van der Waals surface area contributed by atoms with Crippen LogP contribution < -0.4 is 10.1 Å². The Hall–Kier alpha value is -3.03. The third-order valence-corrected chi connectivity index (χ3v) is 2.41. The average Bonchev–Trinajstić information content (AvgIpc) is 2.46. The van der Waals surface area contributed by atoms with Crippen LogP contribution in [0.25, 0.3) is 0 Å². The number of phenolic OH excluding ortho intramolecular Hbond substituents is 1. The molecule has 0 bridgehead atoms. The van der Waals surface area contributed by atoms with Gasteiger partial charge in [-0.2, -0.15) is 5.10 Å². The van der Waals surface area contributed by atoms with Gasteiger partial charge in [0.05, 0.1) is 12.8 Å². The molecule has 0 aromatic heterocycles. The SMILES string of the molecule is C=C1N=NC(=O)N/C1=N/N=C/c1ccc(O)c(OCC)c1. The zero-order chi connectivity index (χ0) is 15.2. The summed E-state index contributed by atoms with van der Waals surface area (Å²) in [4.78, 5) is 11.0. The first-order valence-electron chi connectivity index (χ1n) is 6.09. The van der Waals surface area contributed by atoms with E-state index in [0.717, 1.165) is 0 Å². The Balaban J connectivity index is 2.14. The quantitative estimate of drug-likeness (QED) is 0.654. The smallest absolute Gasteiger partial charge is 0.365 e. The number of rotatable bonds is 4. The molecule has 1 aliphatic rings. The molecule has 0 radical (unpaired) electrons. The van der Waals surface area contributed by atoms with Crippen molar-refractivity contribution >= 4 is 18.1 Å². The number of carbonyl (C=O) groups excluding carboxylic acids is 1. The number of amides is 2. The lowest BCUT2D eigenvalue weighted by Crippen LogP contribution is -2.31. The van der Waals surface area contributed by atoms with Crippen molar-refractivity contribution in [1.29, 1.82) is 0 Å². The third-order valence-electron chi connectivity index (χ3n) is 2.41. The van der Waals surface area contributed by atoms with Crippen LogP contribution in [0.15, 0.2) is 50.9 Å². The van der Waals surface area contributed by atoms with E-state index in [4.69, 9.17) is 4.74 Å². The second-order valence-corrected chi connectivity index (χ2v) is 3.93. The first kappa shape index (κ1) is 14.4. The van der Waals surface area contributed by atoms with Gasteiger partial charge in [0.1, 0.15) is 5.70 Å². The van der Waals surface area contributed by atoms with Crippen molar-refractivity contribution < 1.29 is 14.6 Å². The summed E-state index contributed by atoms with van der Waals surface area (Å²) in [6.07, 6.45) is 1.44. The predicted molar refractivity (Wildman–Crippen MR) is 76.8 cm³/mol. The molecule has 2 N–H and O–H groups in total. The maximum absolute atomic E-state index is 11.0. The van der Waals surface area contributed by atoms with E-state index in [-0.39, 0.29) is 17.3 Å². The zero-order valence-corrected chi connectivity index (χ0v) is 11.3. The van der Waals surface area contributed by atoms with Crippen molar-refractivity contribution in [1.82, 2.24) is 5.32 Å².